The second-order valence-corrected chi connectivity index (χ2v) is 4.40. The van der Waals surface area contributed by atoms with E-state index in [0.717, 1.165) is 18.7 Å². The molecule has 0 spiro atoms. The van der Waals surface area contributed by atoms with E-state index in [4.69, 9.17) is 11.6 Å². The van der Waals surface area contributed by atoms with E-state index in [1.54, 1.807) is 12.1 Å². The summed E-state index contributed by atoms with van der Waals surface area (Å²) in [6.07, 6.45) is 2.51. The number of rotatable bonds is 5. The maximum atomic E-state index is 13.0. The first kappa shape index (κ1) is 10.9. The van der Waals surface area contributed by atoms with Crippen LogP contribution in [0.5, 0.6) is 0 Å². The van der Waals surface area contributed by atoms with E-state index in [2.05, 4.69) is 4.90 Å². The molecule has 1 aromatic rings. The second-order valence-electron chi connectivity index (χ2n) is 4.02. The van der Waals surface area contributed by atoms with Gasteiger partial charge in [-0.2, -0.15) is 0 Å². The Morgan fingerprint density at radius 2 is 2.20 bits per heavy atom. The fraction of sp³-hybridized carbons (Fsp3) is 0.500. The lowest BCUT2D eigenvalue weighted by molar-refractivity contribution is 0.270. The molecule has 1 saturated carbocycles. The van der Waals surface area contributed by atoms with Crippen molar-refractivity contribution < 1.29 is 4.39 Å². The Bertz CT molecular complexity index is 325. The number of nitrogens with zero attached hydrogens (tertiary/aromatic N) is 1. The lowest BCUT2D eigenvalue weighted by Gasteiger charge is -2.20. The maximum Gasteiger partial charge on any atom is 0.123 e. The first-order valence-electron chi connectivity index (χ1n) is 5.34. The standard InChI is InChI=1S/C12H15ClFN/c13-6-7-15(12-4-5-12)9-10-2-1-3-11(14)8-10/h1-3,8,12H,4-7,9H2. The fourth-order valence-electron chi connectivity index (χ4n) is 1.81. The third kappa shape index (κ3) is 3.18. The summed E-state index contributed by atoms with van der Waals surface area (Å²) < 4.78 is 13.0. The topological polar surface area (TPSA) is 3.24 Å². The van der Waals surface area contributed by atoms with Gasteiger partial charge in [0.1, 0.15) is 5.82 Å². The van der Waals surface area contributed by atoms with Crippen molar-refractivity contribution in [3.63, 3.8) is 0 Å². The van der Waals surface area contributed by atoms with Crippen LogP contribution in [0.15, 0.2) is 24.3 Å². The van der Waals surface area contributed by atoms with Gasteiger partial charge in [0.15, 0.2) is 0 Å². The predicted octanol–water partition coefficient (Wildman–Crippen LogP) is 3.03. The van der Waals surface area contributed by atoms with Crippen molar-refractivity contribution in [2.75, 3.05) is 12.4 Å². The van der Waals surface area contributed by atoms with Gasteiger partial charge in [-0.3, -0.25) is 4.90 Å². The number of hydrogen-bond acceptors (Lipinski definition) is 1. The molecule has 0 saturated heterocycles. The minimum absolute atomic E-state index is 0.158. The molecule has 3 heteroatoms. The van der Waals surface area contributed by atoms with Gasteiger partial charge in [-0.15, -0.1) is 11.6 Å². The average Bonchev–Trinajstić information content (AvgIpc) is 3.00. The van der Waals surface area contributed by atoms with Crippen molar-refractivity contribution in [2.24, 2.45) is 0 Å². The summed E-state index contributed by atoms with van der Waals surface area (Å²) in [4.78, 5) is 2.34. The van der Waals surface area contributed by atoms with Crippen LogP contribution in [0.2, 0.25) is 0 Å². The summed E-state index contributed by atoms with van der Waals surface area (Å²) in [7, 11) is 0. The normalized spacial score (nSPS) is 15.9. The molecule has 1 fully saturated rings. The van der Waals surface area contributed by atoms with Gasteiger partial charge in [-0.05, 0) is 30.5 Å². The SMILES string of the molecule is Fc1cccc(CN(CCCl)C2CC2)c1. The Kier molecular flexibility index (Phi) is 3.60. The second kappa shape index (κ2) is 4.95. The molecule has 2 rings (SSSR count). The van der Waals surface area contributed by atoms with Crippen LogP contribution in [0.1, 0.15) is 18.4 Å². The highest BCUT2D eigenvalue weighted by Gasteiger charge is 2.28. The third-order valence-electron chi connectivity index (χ3n) is 2.71. The summed E-state index contributed by atoms with van der Waals surface area (Å²) in [6, 6.07) is 7.48. The van der Waals surface area contributed by atoms with Gasteiger partial charge in [0.25, 0.3) is 0 Å². The average molecular weight is 228 g/mol. The minimum atomic E-state index is -0.158. The van der Waals surface area contributed by atoms with Crippen LogP contribution in [0.3, 0.4) is 0 Å². The Labute approximate surface area is 94.8 Å². The zero-order valence-corrected chi connectivity index (χ0v) is 9.38. The van der Waals surface area contributed by atoms with Gasteiger partial charge < -0.3 is 0 Å². The zero-order chi connectivity index (χ0) is 10.7. The first-order chi connectivity index (χ1) is 7.29. The van der Waals surface area contributed by atoms with Gasteiger partial charge in [-0.1, -0.05) is 12.1 Å². The highest BCUT2D eigenvalue weighted by molar-refractivity contribution is 6.18. The molecule has 1 aromatic carbocycles. The summed E-state index contributed by atoms with van der Waals surface area (Å²) >= 11 is 5.75. The molecule has 0 atom stereocenters. The van der Waals surface area contributed by atoms with Crippen molar-refractivity contribution in [3.05, 3.63) is 35.6 Å². The molecular formula is C12H15ClFN. The van der Waals surface area contributed by atoms with E-state index in [0.29, 0.717) is 11.9 Å². The Morgan fingerprint density at radius 1 is 1.40 bits per heavy atom. The highest BCUT2D eigenvalue weighted by Crippen LogP contribution is 2.28. The van der Waals surface area contributed by atoms with Crippen LogP contribution in [-0.4, -0.2) is 23.4 Å². The molecule has 0 aliphatic heterocycles. The fourth-order valence-corrected chi connectivity index (χ4v) is 2.03. The molecule has 0 amide bonds. The van der Waals surface area contributed by atoms with Gasteiger partial charge in [0.05, 0.1) is 0 Å². The lowest BCUT2D eigenvalue weighted by Crippen LogP contribution is -2.27. The van der Waals surface area contributed by atoms with Crippen LogP contribution in [0, 0.1) is 5.82 Å². The van der Waals surface area contributed by atoms with Gasteiger partial charge in [0.2, 0.25) is 0 Å². The number of alkyl halides is 1. The summed E-state index contributed by atoms with van der Waals surface area (Å²) in [6.45, 7) is 1.71. The molecular weight excluding hydrogens is 213 g/mol. The van der Waals surface area contributed by atoms with Crippen molar-refractivity contribution in [2.45, 2.75) is 25.4 Å². The molecule has 1 nitrogen and oxygen atoms in total. The van der Waals surface area contributed by atoms with Crippen molar-refractivity contribution in [3.8, 4) is 0 Å². The van der Waals surface area contributed by atoms with E-state index in [1.807, 2.05) is 6.07 Å². The van der Waals surface area contributed by atoms with Crippen LogP contribution in [0.4, 0.5) is 4.39 Å². The number of halogens is 2. The van der Waals surface area contributed by atoms with Gasteiger partial charge in [-0.25, -0.2) is 4.39 Å². The molecule has 1 aliphatic carbocycles. The molecule has 0 radical (unpaired) electrons. The Hall–Kier alpha value is -0.600. The van der Waals surface area contributed by atoms with Crippen molar-refractivity contribution in [1.82, 2.24) is 4.90 Å². The molecule has 0 heterocycles. The van der Waals surface area contributed by atoms with Gasteiger partial charge >= 0.3 is 0 Å². The summed E-state index contributed by atoms with van der Waals surface area (Å²) in [5.41, 5.74) is 1.03. The largest absolute Gasteiger partial charge is 0.295 e. The van der Waals surface area contributed by atoms with E-state index < -0.39 is 0 Å². The highest BCUT2D eigenvalue weighted by atomic mass is 35.5. The lowest BCUT2D eigenvalue weighted by atomic mass is 10.2. The summed E-state index contributed by atoms with van der Waals surface area (Å²) in [5.74, 6) is 0.486. The molecule has 0 N–H and O–H groups in total. The van der Waals surface area contributed by atoms with Crippen molar-refractivity contribution >= 4 is 11.6 Å². The predicted molar refractivity (Wildman–Crippen MR) is 60.6 cm³/mol. The van der Waals surface area contributed by atoms with Crippen LogP contribution in [-0.2, 0) is 6.54 Å². The smallest absolute Gasteiger partial charge is 0.123 e. The van der Waals surface area contributed by atoms with E-state index in [9.17, 15) is 4.39 Å². The molecule has 0 aromatic heterocycles. The first-order valence-corrected chi connectivity index (χ1v) is 5.87. The van der Waals surface area contributed by atoms with Crippen LogP contribution < -0.4 is 0 Å². The molecule has 15 heavy (non-hydrogen) atoms. The van der Waals surface area contributed by atoms with Crippen LogP contribution in [0.25, 0.3) is 0 Å². The van der Waals surface area contributed by atoms with Crippen molar-refractivity contribution in [1.29, 1.82) is 0 Å². The Balaban J connectivity index is 1.98. The third-order valence-corrected chi connectivity index (χ3v) is 2.88. The summed E-state index contributed by atoms with van der Waals surface area (Å²) in [5, 5.41) is 0. The molecule has 0 bridgehead atoms. The van der Waals surface area contributed by atoms with E-state index >= 15 is 0 Å². The number of benzene rings is 1. The quantitative estimate of drug-likeness (QED) is 0.699. The van der Waals surface area contributed by atoms with E-state index in [-0.39, 0.29) is 5.82 Å². The molecule has 82 valence electrons. The maximum absolute atomic E-state index is 13.0. The van der Waals surface area contributed by atoms with E-state index in [1.165, 1.54) is 18.9 Å². The number of hydrogen-bond donors (Lipinski definition) is 0. The molecule has 0 unspecified atom stereocenters. The molecule has 1 aliphatic rings. The minimum Gasteiger partial charge on any atom is -0.295 e. The van der Waals surface area contributed by atoms with Gasteiger partial charge in [0, 0.05) is 25.0 Å². The van der Waals surface area contributed by atoms with Crippen LogP contribution >= 0.6 is 11.6 Å². The monoisotopic (exact) mass is 227 g/mol. The zero-order valence-electron chi connectivity index (χ0n) is 8.63. The Morgan fingerprint density at radius 3 is 2.80 bits per heavy atom.